The van der Waals surface area contributed by atoms with Crippen molar-refractivity contribution in [1.29, 1.82) is 0 Å². The van der Waals surface area contributed by atoms with Crippen LogP contribution in [0.5, 0.6) is 5.75 Å². The standard InChI is InChI=1S/C22H26N2O2/c23-22(21(26)24-11-10-15-4-2-1-3-5-15)18-7-8-19(22)13-17-14-20(25)9-6-16(17)12-18/h1-6,9,14,18-19,25H,7-8,10-13,23H2,(H,24,26). The zero-order chi connectivity index (χ0) is 18.1. The summed E-state index contributed by atoms with van der Waals surface area (Å²) in [6.45, 7) is 0.606. The summed E-state index contributed by atoms with van der Waals surface area (Å²) in [6, 6.07) is 15.7. The van der Waals surface area contributed by atoms with E-state index in [4.69, 9.17) is 5.73 Å². The van der Waals surface area contributed by atoms with Gasteiger partial charge in [0, 0.05) is 6.54 Å². The minimum Gasteiger partial charge on any atom is -0.508 e. The molecule has 4 heteroatoms. The van der Waals surface area contributed by atoms with Gasteiger partial charge in [0.15, 0.2) is 0 Å². The lowest BCUT2D eigenvalue weighted by Crippen LogP contribution is -2.60. The van der Waals surface area contributed by atoms with Gasteiger partial charge in [0.25, 0.3) is 0 Å². The van der Waals surface area contributed by atoms with Crippen LogP contribution in [0.3, 0.4) is 0 Å². The lowest BCUT2D eigenvalue weighted by Gasteiger charge is -2.33. The first-order valence-corrected chi connectivity index (χ1v) is 9.49. The average molecular weight is 350 g/mol. The second-order valence-corrected chi connectivity index (χ2v) is 7.76. The number of phenolic OH excluding ortho intramolecular Hbond substituents is 1. The molecule has 0 aliphatic heterocycles. The summed E-state index contributed by atoms with van der Waals surface area (Å²) in [5, 5.41) is 12.9. The second kappa shape index (κ2) is 6.76. The van der Waals surface area contributed by atoms with Crippen LogP contribution in [0.1, 0.15) is 29.5 Å². The summed E-state index contributed by atoms with van der Waals surface area (Å²) in [7, 11) is 0. The first-order valence-electron chi connectivity index (χ1n) is 9.49. The van der Waals surface area contributed by atoms with E-state index in [9.17, 15) is 9.90 Å². The van der Waals surface area contributed by atoms with Crippen LogP contribution in [0, 0.1) is 11.8 Å². The van der Waals surface area contributed by atoms with Crippen molar-refractivity contribution in [2.24, 2.45) is 17.6 Å². The van der Waals surface area contributed by atoms with E-state index in [1.807, 2.05) is 30.3 Å². The summed E-state index contributed by atoms with van der Waals surface area (Å²) < 4.78 is 0. The lowest BCUT2D eigenvalue weighted by atomic mass is 9.79. The van der Waals surface area contributed by atoms with Crippen LogP contribution in [-0.2, 0) is 24.1 Å². The zero-order valence-corrected chi connectivity index (χ0v) is 14.9. The highest BCUT2D eigenvalue weighted by atomic mass is 16.3. The third-order valence-electron chi connectivity index (χ3n) is 6.27. The van der Waals surface area contributed by atoms with Gasteiger partial charge in [-0.05, 0) is 72.8 Å². The number of carbonyl (C=O) groups excluding carboxylic acids is 1. The Morgan fingerprint density at radius 1 is 1.08 bits per heavy atom. The van der Waals surface area contributed by atoms with Crippen LogP contribution in [0.2, 0.25) is 0 Å². The maximum atomic E-state index is 13.1. The van der Waals surface area contributed by atoms with E-state index in [-0.39, 0.29) is 23.5 Å². The Balaban J connectivity index is 1.48. The van der Waals surface area contributed by atoms with Crippen molar-refractivity contribution in [3.05, 3.63) is 65.2 Å². The van der Waals surface area contributed by atoms with Gasteiger partial charge < -0.3 is 16.2 Å². The Bertz CT molecular complexity index is 805. The highest BCUT2D eigenvalue weighted by Gasteiger charge is 2.53. The fraction of sp³-hybridized carbons (Fsp3) is 0.409. The number of rotatable bonds is 4. The van der Waals surface area contributed by atoms with Crippen molar-refractivity contribution >= 4 is 5.91 Å². The monoisotopic (exact) mass is 350 g/mol. The van der Waals surface area contributed by atoms with E-state index in [2.05, 4.69) is 17.4 Å². The molecule has 1 saturated carbocycles. The molecule has 2 aliphatic carbocycles. The Morgan fingerprint density at radius 2 is 1.77 bits per heavy atom. The van der Waals surface area contributed by atoms with Crippen LogP contribution in [0.15, 0.2) is 48.5 Å². The quantitative estimate of drug-likeness (QED) is 0.793. The molecule has 2 aromatic carbocycles. The summed E-state index contributed by atoms with van der Waals surface area (Å²) in [6.07, 6.45) is 4.36. The van der Waals surface area contributed by atoms with Gasteiger partial charge in [-0.15, -0.1) is 0 Å². The second-order valence-electron chi connectivity index (χ2n) is 7.76. The van der Waals surface area contributed by atoms with Crippen molar-refractivity contribution in [2.75, 3.05) is 6.54 Å². The smallest absolute Gasteiger partial charge is 0.240 e. The molecule has 0 saturated heterocycles. The average Bonchev–Trinajstić information content (AvgIpc) is 2.87. The molecule has 0 spiro atoms. The normalized spacial score (nSPS) is 26.8. The predicted octanol–water partition coefficient (Wildman–Crippen LogP) is 2.57. The molecule has 1 fully saturated rings. The first kappa shape index (κ1) is 17.1. The number of hydrogen-bond donors (Lipinski definition) is 3. The number of amides is 1. The fourth-order valence-electron chi connectivity index (χ4n) is 4.78. The van der Waals surface area contributed by atoms with Crippen molar-refractivity contribution in [1.82, 2.24) is 5.32 Å². The molecule has 2 aliphatic rings. The molecule has 26 heavy (non-hydrogen) atoms. The van der Waals surface area contributed by atoms with Gasteiger partial charge in [0.1, 0.15) is 11.3 Å². The SMILES string of the molecule is NC1(C(=O)NCCc2ccccc2)C2CCC1Cc1cc(O)ccc1C2. The van der Waals surface area contributed by atoms with E-state index in [1.54, 1.807) is 6.07 Å². The topological polar surface area (TPSA) is 75.4 Å². The molecule has 0 heterocycles. The van der Waals surface area contributed by atoms with Crippen LogP contribution >= 0.6 is 0 Å². The number of nitrogens with one attached hydrogen (secondary N) is 1. The highest BCUT2D eigenvalue weighted by molar-refractivity contribution is 5.87. The molecule has 3 unspecified atom stereocenters. The molecule has 136 valence electrons. The van der Waals surface area contributed by atoms with Crippen LogP contribution in [0.25, 0.3) is 0 Å². The summed E-state index contributed by atoms with van der Waals surface area (Å²) in [4.78, 5) is 13.1. The van der Waals surface area contributed by atoms with Gasteiger partial charge in [-0.25, -0.2) is 0 Å². The molecule has 0 aromatic heterocycles. The minimum atomic E-state index is -0.814. The molecule has 1 amide bonds. The maximum Gasteiger partial charge on any atom is 0.240 e. The number of hydrogen-bond acceptors (Lipinski definition) is 3. The number of carbonyl (C=O) groups is 1. The first-order chi connectivity index (χ1) is 12.6. The molecular weight excluding hydrogens is 324 g/mol. The van der Waals surface area contributed by atoms with Crippen LogP contribution in [0.4, 0.5) is 0 Å². The van der Waals surface area contributed by atoms with Crippen molar-refractivity contribution < 1.29 is 9.90 Å². The number of benzene rings is 2. The molecule has 4 N–H and O–H groups in total. The van der Waals surface area contributed by atoms with Gasteiger partial charge in [-0.3, -0.25) is 4.79 Å². The Morgan fingerprint density at radius 3 is 2.50 bits per heavy atom. The highest BCUT2D eigenvalue weighted by Crippen LogP contribution is 2.46. The molecule has 2 bridgehead atoms. The van der Waals surface area contributed by atoms with Gasteiger partial charge in [-0.2, -0.15) is 0 Å². The van der Waals surface area contributed by atoms with Gasteiger partial charge >= 0.3 is 0 Å². The Hall–Kier alpha value is -2.33. The molecular formula is C22H26N2O2. The lowest BCUT2D eigenvalue weighted by molar-refractivity contribution is -0.129. The van der Waals surface area contributed by atoms with Crippen molar-refractivity contribution in [3.63, 3.8) is 0 Å². The summed E-state index contributed by atoms with van der Waals surface area (Å²) in [5.74, 6) is 0.566. The van der Waals surface area contributed by atoms with Crippen molar-refractivity contribution in [2.45, 2.75) is 37.6 Å². The van der Waals surface area contributed by atoms with Gasteiger partial charge in [0.2, 0.25) is 5.91 Å². The van der Waals surface area contributed by atoms with Crippen LogP contribution in [-0.4, -0.2) is 23.1 Å². The third-order valence-corrected chi connectivity index (χ3v) is 6.27. The molecule has 4 rings (SSSR count). The molecule has 2 aromatic rings. The van der Waals surface area contributed by atoms with E-state index in [0.717, 1.165) is 37.7 Å². The Labute approximate surface area is 154 Å². The predicted molar refractivity (Wildman–Crippen MR) is 102 cm³/mol. The van der Waals surface area contributed by atoms with Gasteiger partial charge in [-0.1, -0.05) is 36.4 Å². The zero-order valence-electron chi connectivity index (χ0n) is 14.9. The summed E-state index contributed by atoms with van der Waals surface area (Å²) in [5.41, 5.74) is 9.54. The fourth-order valence-corrected chi connectivity index (χ4v) is 4.78. The Kier molecular flexibility index (Phi) is 4.45. The van der Waals surface area contributed by atoms with Crippen molar-refractivity contribution in [3.8, 4) is 5.75 Å². The third kappa shape index (κ3) is 2.99. The number of fused-ring (bicyclic) bond motifs is 3. The molecule has 4 nitrogen and oxygen atoms in total. The number of phenols is 1. The van der Waals surface area contributed by atoms with E-state index in [1.165, 1.54) is 11.1 Å². The number of nitrogens with two attached hydrogens (primary N) is 1. The maximum absolute atomic E-state index is 13.1. The molecule has 3 atom stereocenters. The largest absolute Gasteiger partial charge is 0.508 e. The van der Waals surface area contributed by atoms with E-state index < -0.39 is 5.54 Å². The van der Waals surface area contributed by atoms with Crippen LogP contribution < -0.4 is 11.1 Å². The molecule has 0 radical (unpaired) electrons. The minimum absolute atomic E-state index is 0.0158. The van der Waals surface area contributed by atoms with E-state index >= 15 is 0 Å². The van der Waals surface area contributed by atoms with Gasteiger partial charge in [0.05, 0.1) is 0 Å². The summed E-state index contributed by atoms with van der Waals surface area (Å²) >= 11 is 0. The van der Waals surface area contributed by atoms with E-state index in [0.29, 0.717) is 6.54 Å². The number of aromatic hydroxyl groups is 1.